The number of nitrogens with zero attached hydrogens (tertiary/aromatic N) is 2. The molecule has 2 N–H and O–H groups in total. The predicted octanol–water partition coefficient (Wildman–Crippen LogP) is 3.20. The number of aromatic carboxylic acids is 1. The van der Waals surface area contributed by atoms with Gasteiger partial charge < -0.3 is 14.6 Å². The molecule has 0 saturated heterocycles. The van der Waals surface area contributed by atoms with Crippen LogP contribution in [-0.2, 0) is 13.0 Å². The summed E-state index contributed by atoms with van der Waals surface area (Å²) in [6.07, 6.45) is 1.23. The van der Waals surface area contributed by atoms with Crippen molar-refractivity contribution in [2.75, 3.05) is 0 Å². The summed E-state index contributed by atoms with van der Waals surface area (Å²) in [6, 6.07) is 3.02. The quantitative estimate of drug-likeness (QED) is 0.898. The molecule has 7 heteroatoms. The summed E-state index contributed by atoms with van der Waals surface area (Å²) < 4.78 is 28.5. The van der Waals surface area contributed by atoms with E-state index in [0.717, 1.165) is 5.69 Å². The molecule has 2 heterocycles. The number of fused-ring (bicyclic) bond motifs is 1. The van der Waals surface area contributed by atoms with E-state index in [-0.39, 0.29) is 30.9 Å². The van der Waals surface area contributed by atoms with Crippen LogP contribution in [0.5, 0.6) is 0 Å². The summed E-state index contributed by atoms with van der Waals surface area (Å²) in [5, 5.41) is 18.7. The number of aromatic nitrogens is 2. The van der Waals surface area contributed by atoms with Gasteiger partial charge in [0.05, 0.1) is 17.9 Å². The molecule has 2 aromatic rings. The number of aliphatic hydroxyl groups is 1. The van der Waals surface area contributed by atoms with Crippen molar-refractivity contribution in [1.82, 2.24) is 9.38 Å². The molecule has 2 aromatic heterocycles. The number of aryl methyl sites for hydroxylation is 1. The van der Waals surface area contributed by atoms with Crippen molar-refractivity contribution in [2.24, 2.45) is 5.92 Å². The second kappa shape index (κ2) is 6.12. The Bertz CT molecular complexity index is 776. The molecule has 1 aliphatic carbocycles. The van der Waals surface area contributed by atoms with Gasteiger partial charge in [0.15, 0.2) is 0 Å². The molecule has 130 valence electrons. The number of rotatable bonds is 4. The van der Waals surface area contributed by atoms with E-state index in [4.69, 9.17) is 5.11 Å². The van der Waals surface area contributed by atoms with Gasteiger partial charge in [-0.1, -0.05) is 0 Å². The molecule has 1 saturated carbocycles. The van der Waals surface area contributed by atoms with Crippen LogP contribution in [0.25, 0.3) is 5.65 Å². The third-order valence-corrected chi connectivity index (χ3v) is 4.80. The first-order valence-electron chi connectivity index (χ1n) is 8.03. The number of halogens is 2. The van der Waals surface area contributed by atoms with Crippen molar-refractivity contribution >= 4 is 11.6 Å². The SMILES string of the molecule is Cc1cc(C(=O)O)cc2nc(CO)c(CC3CCC(F)(F)CC3)n12. The first kappa shape index (κ1) is 16.8. The summed E-state index contributed by atoms with van der Waals surface area (Å²) in [5.74, 6) is -3.49. The van der Waals surface area contributed by atoms with Crippen LogP contribution in [0.2, 0.25) is 0 Å². The lowest BCUT2D eigenvalue weighted by atomic mass is 9.84. The third kappa shape index (κ3) is 3.13. The highest BCUT2D eigenvalue weighted by atomic mass is 19.3. The van der Waals surface area contributed by atoms with Crippen LogP contribution < -0.4 is 0 Å². The van der Waals surface area contributed by atoms with Gasteiger partial charge in [0.25, 0.3) is 0 Å². The largest absolute Gasteiger partial charge is 0.478 e. The molecule has 0 spiro atoms. The summed E-state index contributed by atoms with van der Waals surface area (Å²) in [7, 11) is 0. The topological polar surface area (TPSA) is 74.8 Å². The lowest BCUT2D eigenvalue weighted by molar-refractivity contribution is -0.0457. The molecule has 0 aromatic carbocycles. The molecule has 5 nitrogen and oxygen atoms in total. The van der Waals surface area contributed by atoms with E-state index in [1.54, 1.807) is 13.0 Å². The lowest BCUT2D eigenvalue weighted by Crippen LogP contribution is -2.26. The zero-order valence-electron chi connectivity index (χ0n) is 13.4. The Morgan fingerprint density at radius 2 is 2.04 bits per heavy atom. The van der Waals surface area contributed by atoms with Gasteiger partial charge in [-0.2, -0.15) is 0 Å². The smallest absolute Gasteiger partial charge is 0.335 e. The fourth-order valence-electron chi connectivity index (χ4n) is 3.52. The van der Waals surface area contributed by atoms with Crippen molar-refractivity contribution in [3.8, 4) is 0 Å². The second-order valence-electron chi connectivity index (χ2n) is 6.55. The molecule has 1 fully saturated rings. The van der Waals surface area contributed by atoms with E-state index < -0.39 is 11.9 Å². The number of carboxylic acids is 1. The van der Waals surface area contributed by atoms with Gasteiger partial charge in [-0.15, -0.1) is 0 Å². The normalized spacial score (nSPS) is 18.2. The summed E-state index contributed by atoms with van der Waals surface area (Å²) in [5.41, 5.74) is 2.58. The van der Waals surface area contributed by atoms with Crippen LogP contribution in [-0.4, -0.2) is 31.5 Å². The lowest BCUT2D eigenvalue weighted by Gasteiger charge is -2.28. The molecule has 0 amide bonds. The van der Waals surface area contributed by atoms with E-state index in [1.165, 1.54) is 6.07 Å². The second-order valence-corrected chi connectivity index (χ2v) is 6.55. The van der Waals surface area contributed by atoms with Gasteiger partial charge in [0, 0.05) is 24.2 Å². The molecule has 0 bridgehead atoms. The summed E-state index contributed by atoms with van der Waals surface area (Å²) in [6.45, 7) is 1.52. The fourth-order valence-corrected chi connectivity index (χ4v) is 3.52. The Labute approximate surface area is 137 Å². The molecule has 3 rings (SSSR count). The Kier molecular flexibility index (Phi) is 4.29. The highest BCUT2D eigenvalue weighted by Gasteiger charge is 2.35. The van der Waals surface area contributed by atoms with E-state index in [2.05, 4.69) is 4.98 Å². The average Bonchev–Trinajstić information content (AvgIpc) is 2.87. The molecular weight excluding hydrogens is 318 g/mol. The maximum atomic E-state index is 13.3. The number of pyridine rings is 1. The minimum absolute atomic E-state index is 0.106. The van der Waals surface area contributed by atoms with E-state index in [0.29, 0.717) is 36.3 Å². The summed E-state index contributed by atoms with van der Waals surface area (Å²) >= 11 is 0. The monoisotopic (exact) mass is 338 g/mol. The molecule has 1 aliphatic rings. The minimum atomic E-state index is -2.57. The Hall–Kier alpha value is -2.02. The van der Waals surface area contributed by atoms with E-state index in [1.807, 2.05) is 4.40 Å². The van der Waals surface area contributed by atoms with Gasteiger partial charge in [-0.05, 0) is 44.2 Å². The van der Waals surface area contributed by atoms with Crippen LogP contribution in [0.15, 0.2) is 12.1 Å². The number of carbonyl (C=O) groups is 1. The first-order chi connectivity index (χ1) is 11.3. The van der Waals surface area contributed by atoms with E-state index in [9.17, 15) is 18.7 Å². The Morgan fingerprint density at radius 3 is 2.62 bits per heavy atom. The number of imidazole rings is 1. The van der Waals surface area contributed by atoms with Crippen molar-refractivity contribution in [3.63, 3.8) is 0 Å². The summed E-state index contributed by atoms with van der Waals surface area (Å²) in [4.78, 5) is 15.5. The number of hydrogen-bond donors (Lipinski definition) is 2. The maximum Gasteiger partial charge on any atom is 0.335 e. The molecular formula is C17H20F2N2O3. The van der Waals surface area contributed by atoms with Gasteiger partial charge in [0.1, 0.15) is 5.65 Å². The Morgan fingerprint density at radius 1 is 1.38 bits per heavy atom. The molecule has 0 unspecified atom stereocenters. The zero-order valence-corrected chi connectivity index (χ0v) is 13.4. The zero-order chi connectivity index (χ0) is 17.5. The molecule has 24 heavy (non-hydrogen) atoms. The van der Waals surface area contributed by atoms with E-state index >= 15 is 0 Å². The maximum absolute atomic E-state index is 13.3. The van der Waals surface area contributed by atoms with Crippen LogP contribution in [0.4, 0.5) is 8.78 Å². The van der Waals surface area contributed by atoms with Crippen LogP contribution in [0.3, 0.4) is 0 Å². The fraction of sp³-hybridized carbons (Fsp3) is 0.529. The predicted molar refractivity (Wildman–Crippen MR) is 83.4 cm³/mol. The molecule has 0 radical (unpaired) electrons. The number of carboxylic acid groups (broad SMARTS) is 1. The van der Waals surface area contributed by atoms with Crippen LogP contribution in [0.1, 0.15) is 53.1 Å². The first-order valence-corrected chi connectivity index (χ1v) is 8.03. The van der Waals surface area contributed by atoms with Crippen molar-refractivity contribution in [1.29, 1.82) is 0 Å². The van der Waals surface area contributed by atoms with Gasteiger partial charge in [-0.25, -0.2) is 18.6 Å². The van der Waals surface area contributed by atoms with Crippen molar-refractivity contribution in [2.45, 2.75) is 51.6 Å². The van der Waals surface area contributed by atoms with Crippen LogP contribution >= 0.6 is 0 Å². The number of hydrogen-bond acceptors (Lipinski definition) is 3. The van der Waals surface area contributed by atoms with Crippen molar-refractivity contribution < 1.29 is 23.8 Å². The van der Waals surface area contributed by atoms with Crippen molar-refractivity contribution in [3.05, 3.63) is 34.8 Å². The number of aliphatic hydroxyl groups excluding tert-OH is 1. The highest BCUT2D eigenvalue weighted by Crippen LogP contribution is 2.38. The number of alkyl halides is 2. The average molecular weight is 338 g/mol. The standard InChI is InChI=1S/C17H20F2N2O3/c1-10-6-12(16(23)24)8-15-20-13(9-22)14(21(10)15)7-11-2-4-17(18,19)5-3-11/h6,8,11,22H,2-5,7,9H2,1H3,(H,23,24). The van der Waals surface area contributed by atoms with Gasteiger partial charge in [0.2, 0.25) is 5.92 Å². The van der Waals surface area contributed by atoms with Gasteiger partial charge >= 0.3 is 5.97 Å². The van der Waals surface area contributed by atoms with Crippen LogP contribution in [0, 0.1) is 12.8 Å². The van der Waals surface area contributed by atoms with Gasteiger partial charge in [-0.3, -0.25) is 0 Å². The molecule has 0 aliphatic heterocycles. The minimum Gasteiger partial charge on any atom is -0.478 e. The molecule has 0 atom stereocenters. The highest BCUT2D eigenvalue weighted by molar-refractivity contribution is 5.89. The third-order valence-electron chi connectivity index (χ3n) is 4.80. The Balaban J connectivity index is 1.96.